The summed E-state index contributed by atoms with van der Waals surface area (Å²) in [7, 11) is 0. The van der Waals surface area contributed by atoms with Crippen molar-refractivity contribution in [1.82, 2.24) is 9.97 Å². The van der Waals surface area contributed by atoms with Crippen LogP contribution in [0.1, 0.15) is 6.42 Å². The Labute approximate surface area is 85.2 Å². The smallest absolute Gasteiger partial charge is 0.138 e. The summed E-state index contributed by atoms with van der Waals surface area (Å²) in [6.45, 7) is 0. The van der Waals surface area contributed by atoms with Gasteiger partial charge in [-0.25, -0.2) is 9.97 Å². The highest BCUT2D eigenvalue weighted by Gasteiger charge is 2.33. The van der Waals surface area contributed by atoms with Gasteiger partial charge in [-0.05, 0) is 17.9 Å². The normalized spacial score (nSPS) is 25.2. The van der Waals surface area contributed by atoms with E-state index < -0.39 is 0 Å². The first-order chi connectivity index (χ1) is 6.84. The fraction of sp³-hybridized carbons (Fsp3) is 0.333. The molecule has 1 aliphatic rings. The van der Waals surface area contributed by atoms with E-state index in [1.807, 2.05) is 11.4 Å². The summed E-state index contributed by atoms with van der Waals surface area (Å²) in [5.41, 5.74) is 5.73. The van der Waals surface area contributed by atoms with Crippen molar-refractivity contribution in [3.05, 3.63) is 17.8 Å². The molecule has 2 aromatic heterocycles. The molecule has 5 heteroatoms. The molecule has 0 amide bonds. The summed E-state index contributed by atoms with van der Waals surface area (Å²) in [5.74, 6) is 0.911. The van der Waals surface area contributed by atoms with Crippen LogP contribution in [-0.2, 0) is 0 Å². The Hall–Kier alpha value is -1.20. The molecule has 2 unspecified atom stereocenters. The maximum atomic E-state index is 5.73. The molecule has 4 nitrogen and oxygen atoms in total. The third-order valence-corrected chi connectivity index (χ3v) is 3.24. The highest BCUT2D eigenvalue weighted by Crippen LogP contribution is 2.28. The Bertz CT molecular complexity index is 467. The molecule has 1 fully saturated rings. The summed E-state index contributed by atoms with van der Waals surface area (Å²) in [6, 6.07) is 2.72. The minimum Gasteiger partial charge on any atom is -0.365 e. The number of nitrogens with two attached hydrogens (primary N) is 1. The highest BCUT2D eigenvalue weighted by atomic mass is 32.1. The Morgan fingerprint density at radius 3 is 3.14 bits per heavy atom. The van der Waals surface area contributed by atoms with Crippen LogP contribution in [0.5, 0.6) is 0 Å². The first-order valence-electron chi connectivity index (χ1n) is 4.55. The SMILES string of the molecule is NC1CC1Nc1ncnc2sccc12. The average Bonchev–Trinajstić information content (AvgIpc) is 2.69. The van der Waals surface area contributed by atoms with Gasteiger partial charge in [-0.1, -0.05) is 0 Å². The largest absolute Gasteiger partial charge is 0.365 e. The number of fused-ring (bicyclic) bond motifs is 1. The van der Waals surface area contributed by atoms with E-state index in [1.54, 1.807) is 17.7 Å². The fourth-order valence-electron chi connectivity index (χ4n) is 1.46. The molecule has 0 aromatic carbocycles. The van der Waals surface area contributed by atoms with Crippen LogP contribution >= 0.6 is 11.3 Å². The van der Waals surface area contributed by atoms with E-state index >= 15 is 0 Å². The van der Waals surface area contributed by atoms with Gasteiger partial charge in [-0.2, -0.15) is 0 Å². The highest BCUT2D eigenvalue weighted by molar-refractivity contribution is 7.16. The fourth-order valence-corrected chi connectivity index (χ4v) is 2.19. The van der Waals surface area contributed by atoms with Gasteiger partial charge >= 0.3 is 0 Å². The van der Waals surface area contributed by atoms with Crippen LogP contribution in [0.4, 0.5) is 5.82 Å². The molecule has 0 spiro atoms. The molecule has 2 heterocycles. The quantitative estimate of drug-likeness (QED) is 0.775. The van der Waals surface area contributed by atoms with Crippen molar-refractivity contribution in [2.45, 2.75) is 18.5 Å². The lowest BCUT2D eigenvalue weighted by atomic mass is 10.4. The predicted molar refractivity (Wildman–Crippen MR) is 57.4 cm³/mol. The van der Waals surface area contributed by atoms with Gasteiger partial charge in [0.25, 0.3) is 0 Å². The molecule has 0 radical (unpaired) electrons. The molecule has 3 N–H and O–H groups in total. The van der Waals surface area contributed by atoms with E-state index in [0.717, 1.165) is 22.5 Å². The Morgan fingerprint density at radius 2 is 2.36 bits per heavy atom. The van der Waals surface area contributed by atoms with Crippen LogP contribution in [0, 0.1) is 0 Å². The molecule has 2 atom stereocenters. The van der Waals surface area contributed by atoms with Gasteiger partial charge in [0, 0.05) is 12.1 Å². The third-order valence-electron chi connectivity index (χ3n) is 2.42. The number of nitrogens with zero attached hydrogens (tertiary/aromatic N) is 2. The van der Waals surface area contributed by atoms with Gasteiger partial charge in [-0.15, -0.1) is 11.3 Å². The number of anilines is 1. The van der Waals surface area contributed by atoms with Gasteiger partial charge in [0.15, 0.2) is 0 Å². The second kappa shape index (κ2) is 2.90. The standard InChI is InChI=1S/C9H10N4S/c10-6-3-7(6)13-8-5-1-2-14-9(5)12-4-11-8/h1-2,4,6-7H,3,10H2,(H,11,12,13). The molecule has 0 aliphatic heterocycles. The average molecular weight is 206 g/mol. The van der Waals surface area contributed by atoms with Gasteiger partial charge in [-0.3, -0.25) is 0 Å². The van der Waals surface area contributed by atoms with E-state index in [4.69, 9.17) is 5.73 Å². The lowest BCUT2D eigenvalue weighted by Gasteiger charge is -2.03. The first kappa shape index (κ1) is 8.14. The monoisotopic (exact) mass is 206 g/mol. The summed E-state index contributed by atoms with van der Waals surface area (Å²) in [6.07, 6.45) is 2.63. The zero-order valence-electron chi connectivity index (χ0n) is 7.47. The Balaban J connectivity index is 1.98. The van der Waals surface area contributed by atoms with Crippen molar-refractivity contribution in [3.8, 4) is 0 Å². The van der Waals surface area contributed by atoms with Crippen LogP contribution in [0.15, 0.2) is 17.8 Å². The van der Waals surface area contributed by atoms with E-state index in [-0.39, 0.29) is 0 Å². The van der Waals surface area contributed by atoms with Crippen molar-refractivity contribution in [2.24, 2.45) is 5.73 Å². The van der Waals surface area contributed by atoms with Crippen molar-refractivity contribution in [1.29, 1.82) is 0 Å². The van der Waals surface area contributed by atoms with Crippen molar-refractivity contribution in [3.63, 3.8) is 0 Å². The van der Waals surface area contributed by atoms with Gasteiger partial charge in [0.2, 0.25) is 0 Å². The van der Waals surface area contributed by atoms with Crippen LogP contribution in [0.25, 0.3) is 10.2 Å². The first-order valence-corrected chi connectivity index (χ1v) is 5.43. The van der Waals surface area contributed by atoms with Gasteiger partial charge in [0.05, 0.1) is 5.39 Å². The maximum absolute atomic E-state index is 5.73. The molecular weight excluding hydrogens is 196 g/mol. The van der Waals surface area contributed by atoms with E-state index in [1.165, 1.54) is 0 Å². The second-order valence-corrected chi connectivity index (χ2v) is 4.41. The molecular formula is C9H10N4S. The van der Waals surface area contributed by atoms with Crippen molar-refractivity contribution >= 4 is 27.4 Å². The predicted octanol–water partition coefficient (Wildman–Crippen LogP) is 1.20. The zero-order chi connectivity index (χ0) is 9.54. The number of thiophene rings is 1. The topological polar surface area (TPSA) is 63.8 Å². The van der Waals surface area contributed by atoms with Crippen molar-refractivity contribution < 1.29 is 0 Å². The zero-order valence-corrected chi connectivity index (χ0v) is 8.29. The molecule has 72 valence electrons. The molecule has 3 rings (SSSR count). The molecule has 1 aliphatic carbocycles. The lowest BCUT2D eigenvalue weighted by molar-refractivity contribution is 0.997. The lowest BCUT2D eigenvalue weighted by Crippen LogP contribution is -2.14. The molecule has 1 saturated carbocycles. The minimum absolute atomic E-state index is 0.290. The number of rotatable bonds is 2. The minimum atomic E-state index is 0.290. The van der Waals surface area contributed by atoms with E-state index in [0.29, 0.717) is 12.1 Å². The molecule has 14 heavy (non-hydrogen) atoms. The Kier molecular flexibility index (Phi) is 1.68. The number of hydrogen-bond donors (Lipinski definition) is 2. The molecule has 2 aromatic rings. The van der Waals surface area contributed by atoms with Gasteiger partial charge < -0.3 is 11.1 Å². The van der Waals surface area contributed by atoms with E-state index in [2.05, 4.69) is 15.3 Å². The summed E-state index contributed by atoms with van der Waals surface area (Å²) in [4.78, 5) is 9.43. The third kappa shape index (κ3) is 1.25. The second-order valence-electron chi connectivity index (χ2n) is 3.51. The van der Waals surface area contributed by atoms with Crippen LogP contribution in [0.2, 0.25) is 0 Å². The van der Waals surface area contributed by atoms with Crippen LogP contribution < -0.4 is 11.1 Å². The summed E-state index contributed by atoms with van der Waals surface area (Å²) >= 11 is 1.63. The molecule has 0 saturated heterocycles. The number of nitrogens with one attached hydrogen (secondary N) is 1. The maximum Gasteiger partial charge on any atom is 0.138 e. The number of aromatic nitrogens is 2. The molecule has 0 bridgehead atoms. The van der Waals surface area contributed by atoms with Crippen molar-refractivity contribution in [2.75, 3.05) is 5.32 Å². The van der Waals surface area contributed by atoms with Crippen LogP contribution in [0.3, 0.4) is 0 Å². The van der Waals surface area contributed by atoms with E-state index in [9.17, 15) is 0 Å². The van der Waals surface area contributed by atoms with Crippen LogP contribution in [-0.4, -0.2) is 22.1 Å². The van der Waals surface area contributed by atoms with Gasteiger partial charge in [0.1, 0.15) is 17.0 Å². The summed E-state index contributed by atoms with van der Waals surface area (Å²) in [5, 5.41) is 6.44. The number of hydrogen-bond acceptors (Lipinski definition) is 5. The summed E-state index contributed by atoms with van der Waals surface area (Å²) < 4.78 is 0. The Morgan fingerprint density at radius 1 is 1.50 bits per heavy atom.